The van der Waals surface area contributed by atoms with Gasteiger partial charge in [-0.05, 0) is 32.6 Å². The van der Waals surface area contributed by atoms with Crippen LogP contribution in [0.4, 0.5) is 5.82 Å². The summed E-state index contributed by atoms with van der Waals surface area (Å²) in [5.74, 6) is -0.229. The summed E-state index contributed by atoms with van der Waals surface area (Å²) in [6, 6.07) is 0.262. The van der Waals surface area contributed by atoms with Gasteiger partial charge in [-0.25, -0.2) is 15.0 Å². The molecule has 4 heterocycles. The number of nitrogens with one attached hydrogen (secondary N) is 3. The normalized spacial score (nSPS) is 17.2. The summed E-state index contributed by atoms with van der Waals surface area (Å²) in [6.45, 7) is 3.31. The molecule has 1 aliphatic carbocycles. The van der Waals surface area contributed by atoms with Crippen molar-refractivity contribution in [1.82, 2.24) is 29.8 Å². The van der Waals surface area contributed by atoms with Gasteiger partial charge in [0.25, 0.3) is 5.91 Å². The van der Waals surface area contributed by atoms with Crippen molar-refractivity contribution in [2.75, 3.05) is 18.5 Å². The van der Waals surface area contributed by atoms with Crippen LogP contribution in [-0.4, -0.2) is 55.9 Å². The van der Waals surface area contributed by atoms with Crippen molar-refractivity contribution in [1.29, 1.82) is 5.41 Å². The Kier molecular flexibility index (Phi) is 6.16. The van der Waals surface area contributed by atoms with Gasteiger partial charge >= 0.3 is 0 Å². The van der Waals surface area contributed by atoms with E-state index in [0.717, 1.165) is 48.1 Å². The van der Waals surface area contributed by atoms with E-state index in [1.165, 1.54) is 6.21 Å². The lowest BCUT2D eigenvalue weighted by Crippen LogP contribution is -2.34. The highest BCUT2D eigenvalue weighted by Gasteiger charge is 2.32. The third-order valence-corrected chi connectivity index (χ3v) is 6.46. The summed E-state index contributed by atoms with van der Waals surface area (Å²) in [5, 5.41) is 14.6. The number of primary amides is 1. The fourth-order valence-electron chi connectivity index (χ4n) is 4.35. The lowest BCUT2D eigenvalue weighted by Gasteiger charge is -2.25. The number of rotatable bonds is 8. The van der Waals surface area contributed by atoms with E-state index >= 15 is 0 Å². The van der Waals surface area contributed by atoms with E-state index in [1.54, 1.807) is 18.7 Å². The summed E-state index contributed by atoms with van der Waals surface area (Å²) >= 11 is 0. The SMILES string of the molecule is C/C(NC1CCOCC1)=C(/C=N)Nc1nc(C2CC2)c(-c2cncc3c2ncn3C)nc1C(N)=O. The summed E-state index contributed by atoms with van der Waals surface area (Å²) in [7, 11) is 1.90. The number of imidazole rings is 1. The predicted molar refractivity (Wildman–Crippen MR) is 132 cm³/mol. The number of nitrogens with zero attached hydrogens (tertiary/aromatic N) is 5. The molecule has 1 saturated heterocycles. The van der Waals surface area contributed by atoms with E-state index < -0.39 is 5.91 Å². The highest BCUT2D eigenvalue weighted by Crippen LogP contribution is 2.44. The topological polar surface area (TPSA) is 157 Å². The van der Waals surface area contributed by atoms with Crippen molar-refractivity contribution in [2.24, 2.45) is 12.8 Å². The highest BCUT2D eigenvalue weighted by atomic mass is 16.5. The maximum Gasteiger partial charge on any atom is 0.271 e. The number of nitrogens with two attached hydrogens (primary N) is 1. The van der Waals surface area contributed by atoms with Gasteiger partial charge in [0.2, 0.25) is 0 Å². The summed E-state index contributed by atoms with van der Waals surface area (Å²) in [6.07, 6.45) is 10.1. The molecule has 1 aliphatic heterocycles. The van der Waals surface area contributed by atoms with Crippen LogP contribution in [0.3, 0.4) is 0 Å². The van der Waals surface area contributed by atoms with Gasteiger partial charge in [-0.3, -0.25) is 9.78 Å². The van der Waals surface area contributed by atoms with Crippen LogP contribution >= 0.6 is 0 Å². The number of hydrogen-bond acceptors (Lipinski definition) is 9. The Bertz CT molecular complexity index is 1320. The molecule has 0 unspecified atom stereocenters. The van der Waals surface area contributed by atoms with Crippen molar-refractivity contribution in [3.8, 4) is 11.3 Å². The first-order chi connectivity index (χ1) is 17.0. The molecular formula is C24H29N9O2. The first-order valence-electron chi connectivity index (χ1n) is 11.8. The van der Waals surface area contributed by atoms with E-state index in [4.69, 9.17) is 25.8 Å². The maximum absolute atomic E-state index is 12.5. The third-order valence-electron chi connectivity index (χ3n) is 6.46. The zero-order chi connectivity index (χ0) is 24.5. The molecule has 0 radical (unpaired) electrons. The van der Waals surface area contributed by atoms with Crippen LogP contribution < -0.4 is 16.4 Å². The average molecular weight is 476 g/mol. The number of aryl methyl sites for hydroxylation is 1. The van der Waals surface area contributed by atoms with Crippen LogP contribution in [0, 0.1) is 5.41 Å². The second kappa shape index (κ2) is 9.41. The molecule has 3 aromatic rings. The minimum Gasteiger partial charge on any atom is -0.384 e. The molecular weight excluding hydrogens is 446 g/mol. The van der Waals surface area contributed by atoms with Gasteiger partial charge in [0.1, 0.15) is 5.52 Å². The first-order valence-corrected chi connectivity index (χ1v) is 11.8. The predicted octanol–water partition coefficient (Wildman–Crippen LogP) is 2.46. The number of hydrogen-bond donors (Lipinski definition) is 4. The van der Waals surface area contributed by atoms with Crippen LogP contribution in [0.25, 0.3) is 22.3 Å². The molecule has 0 bridgehead atoms. The average Bonchev–Trinajstić information content (AvgIpc) is 3.64. The van der Waals surface area contributed by atoms with Crippen molar-refractivity contribution in [2.45, 2.75) is 44.6 Å². The van der Waals surface area contributed by atoms with Gasteiger partial charge in [-0.15, -0.1) is 0 Å². The molecule has 2 fully saturated rings. The number of carbonyl (C=O) groups is 1. The zero-order valence-electron chi connectivity index (χ0n) is 19.8. The first kappa shape index (κ1) is 22.9. The smallest absolute Gasteiger partial charge is 0.271 e. The summed E-state index contributed by atoms with van der Waals surface area (Å²) < 4.78 is 7.31. The van der Waals surface area contributed by atoms with Crippen LogP contribution in [0.5, 0.6) is 0 Å². The molecule has 3 aromatic heterocycles. The molecule has 0 atom stereocenters. The maximum atomic E-state index is 12.5. The largest absolute Gasteiger partial charge is 0.384 e. The second-order valence-electron chi connectivity index (χ2n) is 9.04. The molecule has 182 valence electrons. The Labute approximate surface area is 202 Å². The molecule has 5 rings (SSSR count). The van der Waals surface area contributed by atoms with Crippen molar-refractivity contribution >= 4 is 29.0 Å². The van der Waals surface area contributed by atoms with Gasteiger partial charge in [-0.1, -0.05) is 0 Å². The Morgan fingerprint density at radius 1 is 1.23 bits per heavy atom. The van der Waals surface area contributed by atoms with Crippen LogP contribution in [-0.2, 0) is 11.8 Å². The fraction of sp³-hybridized carbons (Fsp3) is 0.417. The molecule has 5 N–H and O–H groups in total. The number of anilines is 1. The Morgan fingerprint density at radius 2 is 2.00 bits per heavy atom. The number of allylic oxidation sites excluding steroid dienone is 2. The monoisotopic (exact) mass is 475 g/mol. The summed E-state index contributed by atoms with van der Waals surface area (Å²) in [4.78, 5) is 30.9. The molecule has 0 aromatic carbocycles. The van der Waals surface area contributed by atoms with Crippen LogP contribution in [0.1, 0.15) is 54.7 Å². The number of aromatic nitrogens is 5. The Morgan fingerprint density at radius 3 is 2.69 bits per heavy atom. The molecule has 0 spiro atoms. The minimum atomic E-state index is -0.705. The molecule has 1 saturated carbocycles. The number of ether oxygens (including phenoxy) is 1. The number of amides is 1. The Balaban J connectivity index is 1.57. The van der Waals surface area contributed by atoms with Gasteiger partial charge in [0.15, 0.2) is 11.5 Å². The van der Waals surface area contributed by atoms with Crippen LogP contribution in [0.15, 0.2) is 30.1 Å². The van der Waals surface area contributed by atoms with Gasteiger partial charge in [0.05, 0.1) is 35.1 Å². The highest BCUT2D eigenvalue weighted by molar-refractivity contribution is 5.99. The Hall–Kier alpha value is -3.86. The molecule has 11 heteroatoms. The molecule has 1 amide bonds. The molecule has 11 nitrogen and oxygen atoms in total. The third kappa shape index (κ3) is 4.59. The fourth-order valence-corrected chi connectivity index (χ4v) is 4.35. The molecule has 2 aliphatic rings. The van der Waals surface area contributed by atoms with Crippen molar-refractivity contribution < 1.29 is 9.53 Å². The lowest BCUT2D eigenvalue weighted by molar-refractivity contribution is 0.0803. The van der Waals surface area contributed by atoms with Gasteiger partial charge < -0.3 is 31.1 Å². The van der Waals surface area contributed by atoms with E-state index in [-0.39, 0.29) is 23.5 Å². The van der Waals surface area contributed by atoms with Gasteiger partial charge in [-0.2, -0.15) is 0 Å². The van der Waals surface area contributed by atoms with E-state index in [9.17, 15) is 4.79 Å². The number of pyridine rings is 1. The van der Waals surface area contributed by atoms with Crippen molar-refractivity contribution in [3.05, 3.63) is 41.5 Å². The zero-order valence-corrected chi connectivity index (χ0v) is 19.8. The van der Waals surface area contributed by atoms with Gasteiger partial charge in [0, 0.05) is 55.9 Å². The number of carbonyl (C=O) groups excluding carboxylic acids is 1. The second-order valence-corrected chi connectivity index (χ2v) is 9.04. The quantitative estimate of drug-likeness (QED) is 0.362. The van der Waals surface area contributed by atoms with Crippen molar-refractivity contribution in [3.63, 3.8) is 0 Å². The van der Waals surface area contributed by atoms with E-state index in [1.807, 2.05) is 18.5 Å². The van der Waals surface area contributed by atoms with E-state index in [2.05, 4.69) is 20.6 Å². The van der Waals surface area contributed by atoms with Crippen LogP contribution in [0.2, 0.25) is 0 Å². The number of fused-ring (bicyclic) bond motifs is 1. The molecule has 35 heavy (non-hydrogen) atoms. The lowest BCUT2D eigenvalue weighted by atomic mass is 10.1. The summed E-state index contributed by atoms with van der Waals surface area (Å²) in [5.41, 5.74) is 10.7. The standard InChI is InChI=1S/C24H29N9O2/c1-13(29-15-5-7-35-8-6-15)17(9-25)30-24-22(23(26)34)31-21(19(32-24)14-3-4-14)16-10-27-11-18-20(16)28-12-33(18)2/h9-12,14-15,25,29H,3-8H2,1-2H3,(H2,26,34)(H,30,32)/b17-13+,25-9?. The van der Waals surface area contributed by atoms with E-state index in [0.29, 0.717) is 30.2 Å². The minimum absolute atomic E-state index is 0.00977.